The Balaban J connectivity index is 1.46. The van der Waals surface area contributed by atoms with E-state index in [1.54, 1.807) is 12.1 Å². The van der Waals surface area contributed by atoms with Crippen LogP contribution in [0, 0.1) is 5.41 Å². The summed E-state index contributed by atoms with van der Waals surface area (Å²) in [5.41, 5.74) is 0.304. The number of nitrogens with zero attached hydrogens (tertiary/aromatic N) is 2. The Morgan fingerprint density at radius 3 is 2.39 bits per heavy atom. The standard InChI is InChI=1S/C23H31Cl2N3O3/c1-22(5-6-22)15-31-14-19(20(29)28-11-9-27(2)10-12-28)26-21(30)23(7-8-23)17-4-3-16(24)13-18(17)25/h3-4,13,19H,5-12,14-15H2,1-2H3,(H,26,30). The minimum absolute atomic E-state index is 0.0691. The summed E-state index contributed by atoms with van der Waals surface area (Å²) >= 11 is 12.4. The molecule has 2 amide bonds. The topological polar surface area (TPSA) is 61.9 Å². The van der Waals surface area contributed by atoms with Crippen LogP contribution in [0.3, 0.4) is 0 Å². The molecule has 3 aliphatic rings. The van der Waals surface area contributed by atoms with Crippen LogP contribution in [0.5, 0.6) is 0 Å². The first-order valence-electron chi connectivity index (χ1n) is 11.0. The van der Waals surface area contributed by atoms with E-state index >= 15 is 0 Å². The van der Waals surface area contributed by atoms with Crippen LogP contribution in [0.15, 0.2) is 18.2 Å². The fourth-order valence-electron chi connectivity index (χ4n) is 4.12. The van der Waals surface area contributed by atoms with Gasteiger partial charge in [0.15, 0.2) is 0 Å². The summed E-state index contributed by atoms with van der Waals surface area (Å²) in [5.74, 6) is -0.231. The third-order valence-electron chi connectivity index (χ3n) is 6.89. The number of benzene rings is 1. The lowest BCUT2D eigenvalue weighted by atomic mass is 9.94. The van der Waals surface area contributed by atoms with Crippen molar-refractivity contribution in [2.75, 3.05) is 46.4 Å². The summed E-state index contributed by atoms with van der Waals surface area (Å²) in [6, 6.07) is 4.54. The zero-order valence-electron chi connectivity index (χ0n) is 18.3. The van der Waals surface area contributed by atoms with Gasteiger partial charge in [0.1, 0.15) is 6.04 Å². The number of hydrogen-bond acceptors (Lipinski definition) is 4. The Morgan fingerprint density at radius 2 is 1.81 bits per heavy atom. The average Bonchev–Trinajstić information content (AvgIpc) is 3.65. The minimum Gasteiger partial charge on any atom is -0.378 e. The Labute approximate surface area is 194 Å². The molecule has 2 saturated carbocycles. The molecule has 1 atom stereocenters. The highest BCUT2D eigenvalue weighted by Crippen LogP contribution is 2.51. The Kier molecular flexibility index (Phi) is 6.55. The van der Waals surface area contributed by atoms with Crippen LogP contribution in [0.1, 0.15) is 38.2 Å². The molecule has 0 radical (unpaired) electrons. The zero-order chi connectivity index (χ0) is 22.2. The molecule has 1 unspecified atom stereocenters. The highest BCUT2D eigenvalue weighted by Gasteiger charge is 2.53. The highest BCUT2D eigenvalue weighted by molar-refractivity contribution is 6.35. The summed E-state index contributed by atoms with van der Waals surface area (Å²) in [6.45, 7) is 5.97. The first-order chi connectivity index (χ1) is 14.7. The van der Waals surface area contributed by atoms with Crippen molar-refractivity contribution in [2.24, 2.45) is 5.41 Å². The number of ether oxygens (including phenoxy) is 1. The maximum Gasteiger partial charge on any atom is 0.247 e. The van der Waals surface area contributed by atoms with Crippen molar-refractivity contribution < 1.29 is 14.3 Å². The minimum atomic E-state index is -0.693. The average molecular weight is 468 g/mol. The molecule has 1 heterocycles. The van der Waals surface area contributed by atoms with Gasteiger partial charge in [0.05, 0.1) is 18.6 Å². The second-order valence-corrected chi connectivity index (χ2v) is 10.5. The van der Waals surface area contributed by atoms with E-state index < -0.39 is 11.5 Å². The van der Waals surface area contributed by atoms with Crippen molar-refractivity contribution in [3.8, 4) is 0 Å². The van der Waals surface area contributed by atoms with Gasteiger partial charge in [-0.15, -0.1) is 0 Å². The molecule has 1 aromatic rings. The highest BCUT2D eigenvalue weighted by atomic mass is 35.5. The maximum absolute atomic E-state index is 13.3. The van der Waals surface area contributed by atoms with Gasteiger partial charge in [0, 0.05) is 36.2 Å². The van der Waals surface area contributed by atoms with Gasteiger partial charge in [-0.05, 0) is 55.8 Å². The summed E-state index contributed by atoms with van der Waals surface area (Å²) in [4.78, 5) is 30.7. The second kappa shape index (κ2) is 8.89. The number of amides is 2. The Bertz CT molecular complexity index is 846. The maximum atomic E-state index is 13.3. The zero-order valence-corrected chi connectivity index (χ0v) is 19.8. The number of likely N-dealkylation sites (N-methyl/N-ethyl adjacent to an activating group) is 1. The lowest BCUT2D eigenvalue weighted by molar-refractivity contribution is -0.140. The van der Waals surface area contributed by atoms with Crippen LogP contribution in [-0.4, -0.2) is 74.1 Å². The van der Waals surface area contributed by atoms with Gasteiger partial charge in [-0.3, -0.25) is 9.59 Å². The van der Waals surface area contributed by atoms with Gasteiger partial charge in [-0.2, -0.15) is 0 Å². The molecule has 8 heteroatoms. The molecule has 1 aliphatic heterocycles. The largest absolute Gasteiger partial charge is 0.378 e. The van der Waals surface area contributed by atoms with Crippen LogP contribution in [0.25, 0.3) is 0 Å². The van der Waals surface area contributed by atoms with Crippen LogP contribution >= 0.6 is 23.2 Å². The predicted octanol–water partition coefficient (Wildman–Crippen LogP) is 3.10. The van der Waals surface area contributed by atoms with Crippen molar-refractivity contribution >= 4 is 35.0 Å². The smallest absolute Gasteiger partial charge is 0.247 e. The Morgan fingerprint density at radius 1 is 1.13 bits per heavy atom. The van der Waals surface area contributed by atoms with Crippen LogP contribution in [0.4, 0.5) is 0 Å². The van der Waals surface area contributed by atoms with Crippen molar-refractivity contribution in [1.29, 1.82) is 0 Å². The molecule has 1 saturated heterocycles. The molecular formula is C23H31Cl2N3O3. The van der Waals surface area contributed by atoms with E-state index in [1.165, 1.54) is 0 Å². The number of piperazine rings is 1. The molecule has 0 aromatic heterocycles. The van der Waals surface area contributed by atoms with Gasteiger partial charge in [0.2, 0.25) is 11.8 Å². The number of carbonyl (C=O) groups excluding carboxylic acids is 2. The van der Waals surface area contributed by atoms with Gasteiger partial charge < -0.3 is 19.9 Å². The molecule has 31 heavy (non-hydrogen) atoms. The molecular weight excluding hydrogens is 437 g/mol. The molecule has 0 bridgehead atoms. The van der Waals surface area contributed by atoms with E-state index in [0.717, 1.165) is 31.5 Å². The second-order valence-electron chi connectivity index (χ2n) is 9.69. The predicted molar refractivity (Wildman–Crippen MR) is 122 cm³/mol. The monoisotopic (exact) mass is 467 g/mol. The number of halogens is 2. The molecule has 3 fully saturated rings. The molecule has 170 valence electrons. The van der Waals surface area contributed by atoms with Crippen molar-refractivity contribution in [2.45, 2.75) is 44.1 Å². The number of carbonyl (C=O) groups is 2. The fraction of sp³-hybridized carbons (Fsp3) is 0.652. The number of hydrogen-bond donors (Lipinski definition) is 1. The van der Waals surface area contributed by atoms with Gasteiger partial charge in [0.25, 0.3) is 0 Å². The number of rotatable bonds is 8. The van der Waals surface area contributed by atoms with Crippen molar-refractivity contribution in [3.63, 3.8) is 0 Å². The van der Waals surface area contributed by atoms with Crippen LogP contribution < -0.4 is 5.32 Å². The SMILES string of the molecule is CN1CCN(C(=O)C(COCC2(C)CC2)NC(=O)C2(c3ccc(Cl)cc3Cl)CC2)CC1. The molecule has 6 nitrogen and oxygen atoms in total. The van der Waals surface area contributed by atoms with Gasteiger partial charge in [-0.1, -0.05) is 36.2 Å². The third kappa shape index (κ3) is 5.19. The van der Waals surface area contributed by atoms with Gasteiger partial charge in [-0.25, -0.2) is 0 Å². The summed E-state index contributed by atoms with van der Waals surface area (Å²) in [6.07, 6.45) is 3.70. The summed E-state index contributed by atoms with van der Waals surface area (Å²) in [5, 5.41) is 4.04. The van der Waals surface area contributed by atoms with Crippen LogP contribution in [0.2, 0.25) is 10.0 Å². The molecule has 4 rings (SSSR count). The van der Waals surface area contributed by atoms with E-state index in [2.05, 4.69) is 17.1 Å². The summed E-state index contributed by atoms with van der Waals surface area (Å²) < 4.78 is 5.92. The fourth-order valence-corrected chi connectivity index (χ4v) is 4.71. The van der Waals surface area contributed by atoms with E-state index in [-0.39, 0.29) is 23.8 Å². The Hall–Kier alpha value is -1.34. The molecule has 0 spiro atoms. The van der Waals surface area contributed by atoms with Crippen LogP contribution in [-0.2, 0) is 19.7 Å². The first kappa shape index (κ1) is 22.8. The first-order valence-corrected chi connectivity index (χ1v) is 11.8. The normalized spacial score (nSPS) is 22.6. The van der Waals surface area contributed by atoms with Gasteiger partial charge >= 0.3 is 0 Å². The van der Waals surface area contributed by atoms with Crippen molar-refractivity contribution in [3.05, 3.63) is 33.8 Å². The molecule has 2 aliphatic carbocycles. The van der Waals surface area contributed by atoms with E-state index in [1.807, 2.05) is 18.0 Å². The molecule has 1 aromatic carbocycles. The van der Waals surface area contributed by atoms with Crippen molar-refractivity contribution in [1.82, 2.24) is 15.1 Å². The molecule has 1 N–H and O–H groups in total. The number of nitrogens with one attached hydrogen (secondary N) is 1. The summed E-state index contributed by atoms with van der Waals surface area (Å²) in [7, 11) is 2.05. The van der Waals surface area contributed by atoms with E-state index in [0.29, 0.717) is 42.6 Å². The van der Waals surface area contributed by atoms with E-state index in [4.69, 9.17) is 27.9 Å². The third-order valence-corrected chi connectivity index (χ3v) is 7.44. The quantitative estimate of drug-likeness (QED) is 0.637. The van der Waals surface area contributed by atoms with E-state index in [9.17, 15) is 9.59 Å². The lowest BCUT2D eigenvalue weighted by Crippen LogP contribution is -2.57. The lowest BCUT2D eigenvalue weighted by Gasteiger charge is -2.35.